The van der Waals surface area contributed by atoms with E-state index in [0.717, 1.165) is 5.56 Å². The van der Waals surface area contributed by atoms with E-state index in [4.69, 9.17) is 0 Å². The number of piperidine rings is 1. The maximum Gasteiger partial charge on any atom is 0.407 e. The van der Waals surface area contributed by atoms with Gasteiger partial charge in [0.15, 0.2) is 0 Å². The summed E-state index contributed by atoms with van der Waals surface area (Å²) in [4.78, 5) is 13.0. The highest BCUT2D eigenvalue weighted by Gasteiger charge is 2.46. The Labute approximate surface area is 141 Å². The molecule has 24 heavy (non-hydrogen) atoms. The second kappa shape index (κ2) is 6.67. The van der Waals surface area contributed by atoms with E-state index >= 15 is 0 Å². The third kappa shape index (κ3) is 3.53. The van der Waals surface area contributed by atoms with Crippen LogP contribution in [0.25, 0.3) is 0 Å². The zero-order chi connectivity index (χ0) is 18.1. The Kier molecular flexibility index (Phi) is 5.18. The Morgan fingerprint density at radius 1 is 1.33 bits per heavy atom. The van der Waals surface area contributed by atoms with Gasteiger partial charge in [0.05, 0.1) is 6.61 Å². The van der Waals surface area contributed by atoms with Crippen LogP contribution in [0.4, 0.5) is 13.6 Å². The second-order valence-electron chi connectivity index (χ2n) is 7.67. The SMILES string of the molecule is CC(C)(C)C1CC(CO)(c2ccc(C(F)F)cc2)CCN1C(=O)O. The maximum absolute atomic E-state index is 12.8. The summed E-state index contributed by atoms with van der Waals surface area (Å²) in [6.45, 7) is 6.10. The highest BCUT2D eigenvalue weighted by molar-refractivity contribution is 5.66. The molecule has 0 saturated carbocycles. The van der Waals surface area contributed by atoms with Crippen molar-refractivity contribution in [2.75, 3.05) is 13.2 Å². The molecule has 1 amide bonds. The summed E-state index contributed by atoms with van der Waals surface area (Å²) in [6, 6.07) is 5.77. The topological polar surface area (TPSA) is 60.8 Å². The van der Waals surface area contributed by atoms with E-state index in [0.29, 0.717) is 19.4 Å². The molecule has 0 spiro atoms. The van der Waals surface area contributed by atoms with Gasteiger partial charge in [-0.15, -0.1) is 0 Å². The summed E-state index contributed by atoms with van der Waals surface area (Å²) in [6.07, 6.45) is -2.56. The van der Waals surface area contributed by atoms with Gasteiger partial charge in [-0.05, 0) is 23.8 Å². The normalized spacial score (nSPS) is 25.1. The van der Waals surface area contributed by atoms with Crippen LogP contribution in [0, 0.1) is 5.41 Å². The van der Waals surface area contributed by atoms with E-state index in [1.807, 2.05) is 20.8 Å². The molecule has 6 heteroatoms. The molecule has 1 fully saturated rings. The molecule has 134 valence electrons. The fourth-order valence-electron chi connectivity index (χ4n) is 3.55. The number of amides is 1. The van der Waals surface area contributed by atoms with E-state index in [-0.39, 0.29) is 23.6 Å². The van der Waals surface area contributed by atoms with Gasteiger partial charge in [-0.3, -0.25) is 0 Å². The molecule has 4 nitrogen and oxygen atoms in total. The number of hydrogen-bond donors (Lipinski definition) is 2. The molecule has 1 aromatic rings. The minimum absolute atomic E-state index is 0.0535. The Balaban J connectivity index is 2.37. The largest absolute Gasteiger partial charge is 0.465 e. The number of halogens is 2. The smallest absolute Gasteiger partial charge is 0.407 e. The Morgan fingerprint density at radius 3 is 2.33 bits per heavy atom. The Hall–Kier alpha value is -1.69. The first-order valence-electron chi connectivity index (χ1n) is 8.10. The van der Waals surface area contributed by atoms with Crippen LogP contribution >= 0.6 is 0 Å². The molecule has 1 aliphatic heterocycles. The quantitative estimate of drug-likeness (QED) is 0.872. The van der Waals surface area contributed by atoms with Gasteiger partial charge < -0.3 is 15.1 Å². The van der Waals surface area contributed by atoms with Crippen molar-refractivity contribution in [2.45, 2.75) is 51.5 Å². The Morgan fingerprint density at radius 2 is 1.92 bits per heavy atom. The van der Waals surface area contributed by atoms with Crippen LogP contribution in [0.5, 0.6) is 0 Å². The first-order chi connectivity index (χ1) is 11.1. The highest BCUT2D eigenvalue weighted by atomic mass is 19.3. The van der Waals surface area contributed by atoms with Crippen molar-refractivity contribution in [2.24, 2.45) is 5.41 Å². The van der Waals surface area contributed by atoms with Gasteiger partial charge in [-0.1, -0.05) is 45.0 Å². The molecule has 0 aliphatic carbocycles. The van der Waals surface area contributed by atoms with Crippen molar-refractivity contribution in [1.82, 2.24) is 4.90 Å². The predicted octanol–water partition coefficient (Wildman–Crippen LogP) is 4.04. The molecule has 1 aromatic carbocycles. The fraction of sp³-hybridized carbons (Fsp3) is 0.611. The fourth-order valence-corrected chi connectivity index (χ4v) is 3.55. The van der Waals surface area contributed by atoms with Gasteiger partial charge in [0.25, 0.3) is 6.43 Å². The molecule has 2 unspecified atom stereocenters. The van der Waals surface area contributed by atoms with E-state index in [1.54, 1.807) is 12.1 Å². The van der Waals surface area contributed by atoms with Gasteiger partial charge in [0.1, 0.15) is 0 Å². The third-order valence-electron chi connectivity index (χ3n) is 5.11. The van der Waals surface area contributed by atoms with Gasteiger partial charge in [-0.2, -0.15) is 0 Å². The molecule has 0 bridgehead atoms. The van der Waals surface area contributed by atoms with Crippen LogP contribution in [0.15, 0.2) is 24.3 Å². The summed E-state index contributed by atoms with van der Waals surface area (Å²) in [7, 11) is 0. The van der Waals surface area contributed by atoms with Crippen LogP contribution in [-0.2, 0) is 5.41 Å². The van der Waals surface area contributed by atoms with Crippen molar-refractivity contribution in [3.8, 4) is 0 Å². The lowest BCUT2D eigenvalue weighted by Crippen LogP contribution is -2.56. The molecule has 2 N–H and O–H groups in total. The predicted molar refractivity (Wildman–Crippen MR) is 87.4 cm³/mol. The maximum atomic E-state index is 12.8. The van der Waals surface area contributed by atoms with Crippen LogP contribution in [0.1, 0.15) is 51.2 Å². The Bertz CT molecular complexity index is 583. The van der Waals surface area contributed by atoms with Gasteiger partial charge in [0.2, 0.25) is 0 Å². The number of carboxylic acid groups (broad SMARTS) is 1. The molecule has 1 saturated heterocycles. The average molecular weight is 341 g/mol. The number of carbonyl (C=O) groups is 1. The van der Waals surface area contributed by atoms with E-state index in [1.165, 1.54) is 17.0 Å². The lowest BCUT2D eigenvalue weighted by Gasteiger charge is -2.49. The molecule has 2 rings (SSSR count). The highest BCUT2D eigenvalue weighted by Crippen LogP contribution is 2.43. The number of likely N-dealkylation sites (tertiary alicyclic amines) is 1. The molecule has 0 radical (unpaired) electrons. The average Bonchev–Trinajstić information content (AvgIpc) is 2.53. The molecule has 1 aliphatic rings. The lowest BCUT2D eigenvalue weighted by molar-refractivity contribution is 0.0125. The number of nitrogens with zero attached hydrogens (tertiary/aromatic N) is 1. The number of aliphatic hydroxyl groups excluding tert-OH is 1. The summed E-state index contributed by atoms with van der Waals surface area (Å²) < 4.78 is 25.5. The number of rotatable bonds is 3. The summed E-state index contributed by atoms with van der Waals surface area (Å²) in [5.74, 6) is 0. The van der Waals surface area contributed by atoms with Gasteiger partial charge in [0, 0.05) is 23.6 Å². The van der Waals surface area contributed by atoms with Gasteiger partial charge >= 0.3 is 6.09 Å². The van der Waals surface area contributed by atoms with Crippen molar-refractivity contribution >= 4 is 6.09 Å². The lowest BCUT2D eigenvalue weighted by atomic mass is 9.66. The zero-order valence-electron chi connectivity index (χ0n) is 14.3. The summed E-state index contributed by atoms with van der Waals surface area (Å²) >= 11 is 0. The van der Waals surface area contributed by atoms with Crippen molar-refractivity contribution in [1.29, 1.82) is 0 Å². The van der Waals surface area contributed by atoms with Crippen LogP contribution < -0.4 is 0 Å². The molecule has 0 aromatic heterocycles. The van der Waals surface area contributed by atoms with Gasteiger partial charge in [-0.25, -0.2) is 13.6 Å². The monoisotopic (exact) mass is 341 g/mol. The minimum atomic E-state index is -2.53. The number of alkyl halides is 2. The number of benzene rings is 1. The first-order valence-corrected chi connectivity index (χ1v) is 8.10. The second-order valence-corrected chi connectivity index (χ2v) is 7.67. The van der Waals surface area contributed by atoms with Crippen molar-refractivity contribution < 1.29 is 23.8 Å². The molecule has 2 atom stereocenters. The summed E-state index contributed by atoms with van der Waals surface area (Å²) in [5, 5.41) is 19.5. The number of hydrogen-bond acceptors (Lipinski definition) is 2. The van der Waals surface area contributed by atoms with Crippen LogP contribution in [0.3, 0.4) is 0 Å². The van der Waals surface area contributed by atoms with E-state index in [9.17, 15) is 23.8 Å². The van der Waals surface area contributed by atoms with E-state index in [2.05, 4.69) is 0 Å². The van der Waals surface area contributed by atoms with E-state index < -0.39 is 17.9 Å². The molecular weight excluding hydrogens is 316 g/mol. The first kappa shape index (κ1) is 18.6. The minimum Gasteiger partial charge on any atom is -0.465 e. The molecular formula is C18H25F2NO3. The molecule has 1 heterocycles. The number of aliphatic hydroxyl groups is 1. The third-order valence-corrected chi connectivity index (χ3v) is 5.11. The van der Waals surface area contributed by atoms with Crippen LogP contribution in [-0.4, -0.2) is 40.4 Å². The van der Waals surface area contributed by atoms with Crippen molar-refractivity contribution in [3.05, 3.63) is 35.4 Å². The zero-order valence-corrected chi connectivity index (χ0v) is 14.3. The summed E-state index contributed by atoms with van der Waals surface area (Å²) in [5.41, 5.74) is -0.164. The van der Waals surface area contributed by atoms with Crippen molar-refractivity contribution in [3.63, 3.8) is 0 Å². The standard InChI is InChI=1S/C18H25F2NO3/c1-17(2,3)14-10-18(11-22,8-9-21(14)16(23)24)13-6-4-12(5-7-13)15(19)20/h4-7,14-15,22H,8-11H2,1-3H3,(H,23,24). The van der Waals surface area contributed by atoms with Crippen LogP contribution in [0.2, 0.25) is 0 Å².